The number of carbonyl (C=O) groups is 1. The number of nitro groups is 1. The van der Waals surface area contributed by atoms with Crippen LogP contribution in [0.1, 0.15) is 13.8 Å². The van der Waals surface area contributed by atoms with Gasteiger partial charge in [-0.1, -0.05) is 18.5 Å². The third-order valence-electron chi connectivity index (χ3n) is 2.75. The molecule has 0 aliphatic heterocycles. The molecule has 7 nitrogen and oxygen atoms in total. The first-order chi connectivity index (χ1) is 9.30. The van der Waals surface area contributed by atoms with E-state index in [1.165, 1.54) is 18.2 Å². The second kappa shape index (κ2) is 6.53. The Kier molecular flexibility index (Phi) is 5.29. The average Bonchev–Trinajstić information content (AvgIpc) is 2.36. The number of nitrogens with one attached hydrogen (secondary N) is 1. The SMILES string of the molecule is CCNC(C)(COc1ccc([N+](=O)[O-])c(Cl)c1)C(N)=O. The van der Waals surface area contributed by atoms with Crippen LogP contribution >= 0.6 is 11.6 Å². The molecule has 1 atom stereocenters. The molecule has 0 aliphatic rings. The Morgan fingerprint density at radius 3 is 2.70 bits per heavy atom. The molecule has 0 radical (unpaired) electrons. The summed E-state index contributed by atoms with van der Waals surface area (Å²) < 4.78 is 5.43. The normalized spacial score (nSPS) is 13.6. The lowest BCUT2D eigenvalue weighted by Gasteiger charge is -2.26. The third-order valence-corrected chi connectivity index (χ3v) is 3.06. The van der Waals surface area contributed by atoms with Crippen LogP contribution in [0.4, 0.5) is 5.69 Å². The zero-order valence-corrected chi connectivity index (χ0v) is 11.9. The van der Waals surface area contributed by atoms with Gasteiger partial charge in [-0.3, -0.25) is 14.9 Å². The molecule has 1 aromatic carbocycles. The van der Waals surface area contributed by atoms with Gasteiger partial charge in [-0.05, 0) is 19.5 Å². The summed E-state index contributed by atoms with van der Waals surface area (Å²) in [6, 6.07) is 3.98. The topological polar surface area (TPSA) is 107 Å². The van der Waals surface area contributed by atoms with Crippen LogP contribution in [0, 0.1) is 10.1 Å². The van der Waals surface area contributed by atoms with E-state index >= 15 is 0 Å². The van der Waals surface area contributed by atoms with Crippen LogP contribution < -0.4 is 15.8 Å². The highest BCUT2D eigenvalue weighted by Gasteiger charge is 2.31. The Bertz CT molecular complexity index is 523. The van der Waals surface area contributed by atoms with E-state index < -0.39 is 16.4 Å². The Morgan fingerprint density at radius 1 is 1.60 bits per heavy atom. The van der Waals surface area contributed by atoms with Crippen LogP contribution in [0.3, 0.4) is 0 Å². The maximum Gasteiger partial charge on any atom is 0.288 e. The lowest BCUT2D eigenvalue weighted by Crippen LogP contribution is -2.57. The first-order valence-corrected chi connectivity index (χ1v) is 6.29. The maximum absolute atomic E-state index is 11.4. The Labute approximate surface area is 121 Å². The molecule has 1 unspecified atom stereocenters. The Balaban J connectivity index is 2.81. The fourth-order valence-corrected chi connectivity index (χ4v) is 1.79. The highest BCUT2D eigenvalue weighted by atomic mass is 35.5. The largest absolute Gasteiger partial charge is 0.491 e. The number of nitro benzene ring substituents is 1. The van der Waals surface area contributed by atoms with Crippen LogP contribution in [-0.4, -0.2) is 29.5 Å². The van der Waals surface area contributed by atoms with Gasteiger partial charge >= 0.3 is 0 Å². The van der Waals surface area contributed by atoms with Gasteiger partial charge in [0, 0.05) is 12.1 Å². The molecular weight excluding hydrogens is 286 g/mol. The molecule has 0 spiro atoms. The van der Waals surface area contributed by atoms with Gasteiger partial charge in [-0.2, -0.15) is 0 Å². The predicted octanol–water partition coefficient (Wildman–Crippen LogP) is 1.48. The Morgan fingerprint density at radius 2 is 2.25 bits per heavy atom. The van der Waals surface area contributed by atoms with Crippen molar-refractivity contribution in [1.82, 2.24) is 5.32 Å². The van der Waals surface area contributed by atoms with Crippen LogP contribution in [0.25, 0.3) is 0 Å². The van der Waals surface area contributed by atoms with E-state index in [-0.39, 0.29) is 17.3 Å². The van der Waals surface area contributed by atoms with Crippen molar-refractivity contribution in [2.75, 3.05) is 13.2 Å². The number of halogens is 1. The van der Waals surface area contributed by atoms with Crippen LogP contribution in [0.5, 0.6) is 5.75 Å². The quantitative estimate of drug-likeness (QED) is 0.586. The highest BCUT2D eigenvalue weighted by molar-refractivity contribution is 6.32. The molecule has 0 fully saturated rings. The number of nitrogens with two attached hydrogens (primary N) is 1. The molecule has 1 aromatic rings. The van der Waals surface area contributed by atoms with Crippen molar-refractivity contribution in [3.8, 4) is 5.75 Å². The Hall–Kier alpha value is -1.86. The average molecular weight is 302 g/mol. The fraction of sp³-hybridized carbons (Fsp3) is 0.417. The van der Waals surface area contributed by atoms with Gasteiger partial charge in [-0.15, -0.1) is 0 Å². The van der Waals surface area contributed by atoms with Gasteiger partial charge in [0.25, 0.3) is 5.69 Å². The predicted molar refractivity (Wildman–Crippen MR) is 74.9 cm³/mol. The first kappa shape index (κ1) is 16.2. The van der Waals surface area contributed by atoms with Gasteiger partial charge in [0.15, 0.2) is 0 Å². The number of benzene rings is 1. The first-order valence-electron chi connectivity index (χ1n) is 5.92. The minimum absolute atomic E-state index is 0.00961. The highest BCUT2D eigenvalue weighted by Crippen LogP contribution is 2.28. The van der Waals surface area contributed by atoms with Crippen LogP contribution in [-0.2, 0) is 4.79 Å². The second-order valence-corrected chi connectivity index (χ2v) is 4.79. The molecule has 0 saturated carbocycles. The summed E-state index contributed by atoms with van der Waals surface area (Å²) in [6.07, 6.45) is 0. The molecule has 20 heavy (non-hydrogen) atoms. The zero-order valence-electron chi connectivity index (χ0n) is 11.2. The number of carbonyl (C=O) groups excluding carboxylic acids is 1. The monoisotopic (exact) mass is 301 g/mol. The smallest absolute Gasteiger partial charge is 0.288 e. The lowest BCUT2D eigenvalue weighted by atomic mass is 10.0. The number of hydrogen-bond donors (Lipinski definition) is 2. The van der Waals surface area contributed by atoms with E-state index in [1.807, 2.05) is 6.92 Å². The zero-order chi connectivity index (χ0) is 15.3. The fourth-order valence-electron chi connectivity index (χ4n) is 1.55. The number of primary amides is 1. The molecule has 8 heteroatoms. The number of ether oxygens (including phenoxy) is 1. The number of hydrogen-bond acceptors (Lipinski definition) is 5. The molecule has 1 amide bonds. The van der Waals surface area contributed by atoms with Crippen LogP contribution in [0.15, 0.2) is 18.2 Å². The summed E-state index contributed by atoms with van der Waals surface area (Å²) >= 11 is 5.77. The number of nitrogens with zero attached hydrogens (tertiary/aromatic N) is 1. The maximum atomic E-state index is 11.4. The minimum Gasteiger partial charge on any atom is -0.491 e. The molecule has 110 valence electrons. The summed E-state index contributed by atoms with van der Waals surface area (Å²) in [5.74, 6) is -0.224. The summed E-state index contributed by atoms with van der Waals surface area (Å²) in [6.45, 7) is 3.99. The molecule has 3 N–H and O–H groups in total. The van der Waals surface area contributed by atoms with E-state index in [2.05, 4.69) is 5.32 Å². The van der Waals surface area contributed by atoms with Gasteiger partial charge in [-0.25, -0.2) is 0 Å². The molecule has 1 rings (SSSR count). The van der Waals surface area contributed by atoms with E-state index in [0.717, 1.165) is 0 Å². The van der Waals surface area contributed by atoms with Crippen molar-refractivity contribution in [2.24, 2.45) is 5.73 Å². The molecule has 0 saturated heterocycles. The second-order valence-electron chi connectivity index (χ2n) is 4.39. The van der Waals surface area contributed by atoms with Gasteiger partial charge in [0.05, 0.1) is 4.92 Å². The lowest BCUT2D eigenvalue weighted by molar-refractivity contribution is -0.384. The summed E-state index contributed by atoms with van der Waals surface area (Å²) in [7, 11) is 0. The number of rotatable bonds is 7. The van der Waals surface area contributed by atoms with Crippen molar-refractivity contribution in [1.29, 1.82) is 0 Å². The van der Waals surface area contributed by atoms with Crippen molar-refractivity contribution in [3.05, 3.63) is 33.3 Å². The van der Waals surface area contributed by atoms with Crippen molar-refractivity contribution in [3.63, 3.8) is 0 Å². The van der Waals surface area contributed by atoms with E-state index in [4.69, 9.17) is 22.1 Å². The van der Waals surface area contributed by atoms with E-state index in [1.54, 1.807) is 6.92 Å². The van der Waals surface area contributed by atoms with Gasteiger partial charge < -0.3 is 15.8 Å². The number of amides is 1. The summed E-state index contributed by atoms with van der Waals surface area (Å²) in [5.41, 5.74) is 4.09. The van der Waals surface area contributed by atoms with E-state index in [9.17, 15) is 14.9 Å². The van der Waals surface area contributed by atoms with Crippen molar-refractivity contribution >= 4 is 23.2 Å². The summed E-state index contributed by atoms with van der Waals surface area (Å²) in [5, 5.41) is 13.5. The molecule has 0 bridgehead atoms. The van der Waals surface area contributed by atoms with E-state index in [0.29, 0.717) is 12.3 Å². The standard InChI is InChI=1S/C12H16ClN3O4/c1-3-15-12(2,11(14)17)7-20-8-4-5-10(16(18)19)9(13)6-8/h4-6,15H,3,7H2,1-2H3,(H2,14,17). The van der Waals surface area contributed by atoms with Crippen molar-refractivity contribution in [2.45, 2.75) is 19.4 Å². The molecule has 0 heterocycles. The summed E-state index contributed by atoms with van der Waals surface area (Å²) in [4.78, 5) is 21.5. The van der Waals surface area contributed by atoms with Gasteiger partial charge in [0.2, 0.25) is 5.91 Å². The van der Waals surface area contributed by atoms with Crippen LogP contribution in [0.2, 0.25) is 5.02 Å². The van der Waals surface area contributed by atoms with Crippen molar-refractivity contribution < 1.29 is 14.5 Å². The molecule has 0 aromatic heterocycles. The minimum atomic E-state index is -1.02. The molecule has 0 aliphatic carbocycles. The number of likely N-dealkylation sites (N-methyl/N-ethyl adjacent to an activating group) is 1. The molecular formula is C12H16ClN3O4. The third kappa shape index (κ3) is 3.82. The van der Waals surface area contributed by atoms with Gasteiger partial charge in [0.1, 0.15) is 22.9 Å².